The minimum Gasteiger partial charge on any atom is -0.462 e. The number of urea groups is 1. The highest BCUT2D eigenvalue weighted by atomic mass is 32.2. The van der Waals surface area contributed by atoms with Crippen LogP contribution >= 0.6 is 11.8 Å². The molecule has 0 aromatic heterocycles. The van der Waals surface area contributed by atoms with E-state index in [4.69, 9.17) is 4.74 Å². The maximum Gasteiger partial charge on any atom is 0.340 e. The van der Waals surface area contributed by atoms with Crippen LogP contribution in [0.3, 0.4) is 0 Å². The van der Waals surface area contributed by atoms with Gasteiger partial charge >= 0.3 is 12.0 Å². The molecule has 1 aromatic rings. The van der Waals surface area contributed by atoms with Gasteiger partial charge in [0.25, 0.3) is 0 Å². The summed E-state index contributed by atoms with van der Waals surface area (Å²) in [5.74, 6) is 0.279. The van der Waals surface area contributed by atoms with Crippen LogP contribution < -0.4 is 10.6 Å². The van der Waals surface area contributed by atoms with Crippen molar-refractivity contribution in [1.82, 2.24) is 15.3 Å². The number of hydrogen-bond donors (Lipinski definition) is 2. The van der Waals surface area contributed by atoms with Gasteiger partial charge in [-0.3, -0.25) is 9.59 Å². The van der Waals surface area contributed by atoms with Crippen molar-refractivity contribution in [2.24, 2.45) is 0 Å². The molecular formula is C19H26N4O5S. The van der Waals surface area contributed by atoms with E-state index in [1.165, 1.54) is 34.8 Å². The van der Waals surface area contributed by atoms with Gasteiger partial charge in [-0.25, -0.2) is 19.6 Å². The van der Waals surface area contributed by atoms with Gasteiger partial charge in [-0.2, -0.15) is 0 Å². The van der Waals surface area contributed by atoms with Gasteiger partial charge in [0.1, 0.15) is 0 Å². The molecule has 0 radical (unpaired) electrons. The zero-order valence-electron chi connectivity index (χ0n) is 16.6. The highest BCUT2D eigenvalue weighted by molar-refractivity contribution is 7.99. The third kappa shape index (κ3) is 6.97. The van der Waals surface area contributed by atoms with Gasteiger partial charge in [0.2, 0.25) is 11.8 Å². The van der Waals surface area contributed by atoms with Crippen LogP contribution in [0.25, 0.3) is 0 Å². The molecule has 29 heavy (non-hydrogen) atoms. The number of nitrogens with one attached hydrogen (secondary N) is 2. The molecule has 1 aromatic carbocycles. The molecule has 1 saturated heterocycles. The lowest BCUT2D eigenvalue weighted by Gasteiger charge is -2.28. The predicted molar refractivity (Wildman–Crippen MR) is 110 cm³/mol. The number of thioether (sulfide) groups is 1. The Morgan fingerprint density at radius 3 is 2.66 bits per heavy atom. The molecule has 158 valence electrons. The van der Waals surface area contributed by atoms with Gasteiger partial charge in [0, 0.05) is 37.9 Å². The summed E-state index contributed by atoms with van der Waals surface area (Å²) in [6, 6.07) is 6.04. The summed E-state index contributed by atoms with van der Waals surface area (Å²) in [6.45, 7) is 4.35. The van der Waals surface area contributed by atoms with Crippen LogP contribution in [-0.4, -0.2) is 65.2 Å². The molecule has 2 rings (SSSR count). The molecule has 1 heterocycles. The van der Waals surface area contributed by atoms with Crippen molar-refractivity contribution in [2.45, 2.75) is 26.7 Å². The summed E-state index contributed by atoms with van der Waals surface area (Å²) in [4.78, 5) is 47.8. The molecule has 0 saturated carbocycles. The van der Waals surface area contributed by atoms with Crippen LogP contribution in [0.4, 0.5) is 10.5 Å². The van der Waals surface area contributed by atoms with Crippen molar-refractivity contribution in [2.75, 3.05) is 36.6 Å². The van der Waals surface area contributed by atoms with E-state index >= 15 is 0 Å². The number of benzene rings is 1. The first kappa shape index (κ1) is 22.5. The van der Waals surface area contributed by atoms with E-state index in [1.54, 1.807) is 25.1 Å². The zero-order valence-corrected chi connectivity index (χ0v) is 17.4. The Balaban J connectivity index is 1.89. The number of carbonyl (C=O) groups is 4. The van der Waals surface area contributed by atoms with Crippen LogP contribution in [0.1, 0.15) is 37.0 Å². The number of hydrogen-bond acceptors (Lipinski definition) is 6. The minimum atomic E-state index is -0.460. The first-order chi connectivity index (χ1) is 13.9. The van der Waals surface area contributed by atoms with Gasteiger partial charge in [-0.15, -0.1) is 11.8 Å². The molecule has 2 N–H and O–H groups in total. The van der Waals surface area contributed by atoms with Crippen LogP contribution in [0.15, 0.2) is 24.3 Å². The fourth-order valence-corrected chi connectivity index (χ4v) is 3.49. The fraction of sp³-hybridized carbons (Fsp3) is 0.474. The van der Waals surface area contributed by atoms with Crippen LogP contribution in [0.2, 0.25) is 0 Å². The number of amides is 4. The number of ether oxygens (including phenoxy) is 1. The van der Waals surface area contributed by atoms with Gasteiger partial charge in [-0.1, -0.05) is 6.07 Å². The van der Waals surface area contributed by atoms with Crippen molar-refractivity contribution in [3.05, 3.63) is 29.8 Å². The highest BCUT2D eigenvalue weighted by Crippen LogP contribution is 2.17. The summed E-state index contributed by atoms with van der Waals surface area (Å²) in [7, 11) is 0. The highest BCUT2D eigenvalue weighted by Gasteiger charge is 2.30. The molecule has 9 nitrogen and oxygen atoms in total. The van der Waals surface area contributed by atoms with Crippen molar-refractivity contribution in [3.8, 4) is 0 Å². The quantitative estimate of drug-likeness (QED) is 0.377. The Morgan fingerprint density at radius 2 is 1.93 bits per heavy atom. The normalized spacial score (nSPS) is 13.2. The number of anilines is 1. The summed E-state index contributed by atoms with van der Waals surface area (Å²) in [5, 5.41) is 8.22. The van der Waals surface area contributed by atoms with Crippen LogP contribution in [0, 0.1) is 0 Å². The zero-order chi connectivity index (χ0) is 21.2. The fourth-order valence-electron chi connectivity index (χ4n) is 2.72. The largest absolute Gasteiger partial charge is 0.462 e. The molecule has 1 aliphatic rings. The van der Waals surface area contributed by atoms with Crippen molar-refractivity contribution in [3.63, 3.8) is 0 Å². The van der Waals surface area contributed by atoms with E-state index in [1.807, 2.05) is 0 Å². The summed E-state index contributed by atoms with van der Waals surface area (Å²) >= 11 is 1.45. The molecule has 0 aliphatic carbocycles. The van der Waals surface area contributed by atoms with E-state index < -0.39 is 12.0 Å². The van der Waals surface area contributed by atoms with Gasteiger partial charge in [0.05, 0.1) is 18.0 Å². The SMILES string of the molecule is CCOC(=O)c1cccc(NC(=O)N2CCCN2C(=O)CCSCNC(C)=O)c1. The number of rotatable bonds is 8. The molecule has 4 amide bonds. The Hall–Kier alpha value is -2.75. The third-order valence-corrected chi connectivity index (χ3v) is 4.90. The smallest absolute Gasteiger partial charge is 0.340 e. The lowest BCUT2D eigenvalue weighted by molar-refractivity contribution is -0.139. The second-order valence-corrected chi connectivity index (χ2v) is 7.37. The van der Waals surface area contributed by atoms with E-state index in [0.717, 1.165) is 0 Å². The second kappa shape index (κ2) is 11.3. The summed E-state index contributed by atoms with van der Waals surface area (Å²) < 4.78 is 4.96. The van der Waals surface area contributed by atoms with Crippen molar-refractivity contribution < 1.29 is 23.9 Å². The number of carbonyl (C=O) groups excluding carboxylic acids is 4. The van der Waals surface area contributed by atoms with Crippen molar-refractivity contribution in [1.29, 1.82) is 0 Å². The molecular weight excluding hydrogens is 396 g/mol. The average molecular weight is 423 g/mol. The molecule has 0 unspecified atom stereocenters. The second-order valence-electron chi connectivity index (χ2n) is 6.26. The monoisotopic (exact) mass is 422 g/mol. The molecule has 10 heteroatoms. The van der Waals surface area contributed by atoms with Crippen LogP contribution in [0.5, 0.6) is 0 Å². The lowest BCUT2D eigenvalue weighted by atomic mass is 10.2. The van der Waals surface area contributed by atoms with Gasteiger partial charge in [0.15, 0.2) is 0 Å². The van der Waals surface area contributed by atoms with Crippen LogP contribution in [-0.2, 0) is 14.3 Å². The molecule has 0 atom stereocenters. The molecule has 1 fully saturated rings. The Morgan fingerprint density at radius 1 is 1.17 bits per heavy atom. The first-order valence-electron chi connectivity index (χ1n) is 9.40. The van der Waals surface area contributed by atoms with E-state index in [-0.39, 0.29) is 24.8 Å². The Bertz CT molecular complexity index is 758. The molecule has 0 bridgehead atoms. The van der Waals surface area contributed by atoms with Gasteiger partial charge < -0.3 is 15.4 Å². The van der Waals surface area contributed by atoms with Gasteiger partial charge in [-0.05, 0) is 31.5 Å². The average Bonchev–Trinajstić information content (AvgIpc) is 3.18. The first-order valence-corrected chi connectivity index (χ1v) is 10.6. The van der Waals surface area contributed by atoms with E-state index in [0.29, 0.717) is 42.4 Å². The Labute approximate surface area is 174 Å². The summed E-state index contributed by atoms with van der Waals surface area (Å²) in [5.41, 5.74) is 0.793. The third-order valence-electron chi connectivity index (χ3n) is 4.06. The minimum absolute atomic E-state index is 0.113. The molecule has 0 spiro atoms. The molecule has 1 aliphatic heterocycles. The van der Waals surface area contributed by atoms with E-state index in [2.05, 4.69) is 10.6 Å². The maximum absolute atomic E-state index is 12.6. The van der Waals surface area contributed by atoms with Crippen molar-refractivity contribution >= 4 is 41.3 Å². The van der Waals surface area contributed by atoms with E-state index in [9.17, 15) is 19.2 Å². The number of nitrogens with zero attached hydrogens (tertiary/aromatic N) is 2. The topological polar surface area (TPSA) is 108 Å². The predicted octanol–water partition coefficient (Wildman–Crippen LogP) is 2.06. The summed E-state index contributed by atoms with van der Waals surface area (Å²) in [6.07, 6.45) is 0.966. The number of hydrazine groups is 1. The maximum atomic E-state index is 12.6. The Kier molecular flexibility index (Phi) is 8.78. The number of esters is 1. The lowest BCUT2D eigenvalue weighted by Crippen LogP contribution is -2.46. The standard InChI is InChI=1S/C19H26N4O5S/c1-3-28-18(26)15-6-4-7-16(12-15)21-19(27)23-10-5-9-22(23)17(25)8-11-29-13-20-14(2)24/h4,6-7,12H,3,5,8-11,13H2,1-2H3,(H,20,24)(H,21,27).